The summed E-state index contributed by atoms with van der Waals surface area (Å²) >= 11 is 0. The molecule has 0 radical (unpaired) electrons. The molecule has 3 aliphatic heterocycles. The number of rotatable bonds is 6. The van der Waals surface area contributed by atoms with Crippen molar-refractivity contribution in [3.05, 3.63) is 0 Å². The fourth-order valence-electron chi connectivity index (χ4n) is 5.42. The number of urea groups is 1. The summed E-state index contributed by atoms with van der Waals surface area (Å²) in [4.78, 5) is 29.1. The quantitative estimate of drug-likeness (QED) is 0.596. The van der Waals surface area contributed by atoms with E-state index in [1.807, 2.05) is 0 Å². The molecule has 10 heteroatoms. The maximum atomic E-state index is 12.7. The number of carbonyl (C=O) groups is 2. The van der Waals surface area contributed by atoms with Crippen molar-refractivity contribution in [3.63, 3.8) is 0 Å². The minimum Gasteiger partial charge on any atom is -0.352 e. The molecule has 0 aromatic carbocycles. The summed E-state index contributed by atoms with van der Waals surface area (Å²) in [6.07, 6.45) is 5.91. The van der Waals surface area contributed by atoms with Gasteiger partial charge in [0, 0.05) is 32.2 Å². The van der Waals surface area contributed by atoms with Crippen LogP contribution in [0.4, 0.5) is 4.79 Å². The van der Waals surface area contributed by atoms with Crippen molar-refractivity contribution >= 4 is 22.9 Å². The number of piperidine rings is 1. The standard InChI is InChI=1S/C17H26N4O5S/c22-15(14-4-3-13-8-20(14)16(23)21(13)26-27(24)25)18-12-5-17(6-12)9-19(10-17)7-11-1-2-11/h11-14,27H,1-10H2,(H,18,22)/t13-,14+/m1/s1. The highest BCUT2D eigenvalue weighted by Crippen LogP contribution is 2.49. The molecule has 1 N–H and O–H groups in total. The second-order valence-electron chi connectivity index (χ2n) is 9.04. The Morgan fingerprint density at radius 3 is 2.59 bits per heavy atom. The lowest BCUT2D eigenvalue weighted by Crippen LogP contribution is -2.67. The van der Waals surface area contributed by atoms with Crippen LogP contribution >= 0.6 is 0 Å². The molecular weight excluding hydrogens is 372 g/mol. The summed E-state index contributed by atoms with van der Waals surface area (Å²) < 4.78 is 26.2. The summed E-state index contributed by atoms with van der Waals surface area (Å²) in [6.45, 7) is 3.90. The Balaban J connectivity index is 1.11. The van der Waals surface area contributed by atoms with Crippen LogP contribution < -0.4 is 5.32 Å². The van der Waals surface area contributed by atoms with E-state index in [0.29, 0.717) is 24.8 Å². The molecule has 3 amide bonds. The first-order valence-electron chi connectivity index (χ1n) is 9.87. The zero-order valence-corrected chi connectivity index (χ0v) is 16.1. The van der Waals surface area contributed by atoms with E-state index < -0.39 is 23.1 Å². The molecule has 2 aliphatic carbocycles. The summed E-state index contributed by atoms with van der Waals surface area (Å²) in [6, 6.07) is -1.17. The fraction of sp³-hybridized carbons (Fsp3) is 0.882. The maximum absolute atomic E-state index is 12.7. The van der Waals surface area contributed by atoms with E-state index in [1.165, 1.54) is 24.3 Å². The molecular formula is C17H26N4O5S. The van der Waals surface area contributed by atoms with E-state index in [-0.39, 0.29) is 18.0 Å². The third-order valence-corrected chi connectivity index (χ3v) is 7.13. The van der Waals surface area contributed by atoms with Gasteiger partial charge in [0.1, 0.15) is 6.04 Å². The van der Waals surface area contributed by atoms with Gasteiger partial charge in [0.25, 0.3) is 11.0 Å². The first-order chi connectivity index (χ1) is 12.9. The monoisotopic (exact) mass is 398 g/mol. The minimum absolute atomic E-state index is 0.121. The summed E-state index contributed by atoms with van der Waals surface area (Å²) in [5.41, 5.74) is 0.401. The van der Waals surface area contributed by atoms with E-state index in [4.69, 9.17) is 0 Å². The lowest BCUT2D eigenvalue weighted by Gasteiger charge is -2.59. The molecule has 1 spiro atoms. The van der Waals surface area contributed by atoms with E-state index >= 15 is 0 Å². The molecule has 9 nitrogen and oxygen atoms in total. The molecule has 5 fully saturated rings. The van der Waals surface area contributed by atoms with Gasteiger partial charge in [0.05, 0.1) is 6.04 Å². The Morgan fingerprint density at radius 1 is 1.19 bits per heavy atom. The highest BCUT2D eigenvalue weighted by Gasteiger charge is 2.54. The number of nitrogens with one attached hydrogen (secondary N) is 1. The first kappa shape index (κ1) is 17.7. The van der Waals surface area contributed by atoms with Crippen molar-refractivity contribution in [2.45, 2.75) is 56.7 Å². The number of amides is 3. The van der Waals surface area contributed by atoms with Crippen molar-refractivity contribution in [3.8, 4) is 0 Å². The summed E-state index contributed by atoms with van der Waals surface area (Å²) in [5.74, 6) is 0.804. The van der Waals surface area contributed by atoms with Crippen molar-refractivity contribution in [1.29, 1.82) is 0 Å². The van der Waals surface area contributed by atoms with Crippen molar-refractivity contribution < 1.29 is 22.3 Å². The van der Waals surface area contributed by atoms with Crippen LogP contribution in [0.2, 0.25) is 0 Å². The smallest absolute Gasteiger partial charge is 0.346 e. The number of thiol groups is 1. The Bertz CT molecular complexity index is 717. The van der Waals surface area contributed by atoms with Crippen LogP contribution in [0.3, 0.4) is 0 Å². The normalized spacial score (nSPS) is 32.7. The highest BCUT2D eigenvalue weighted by molar-refractivity contribution is 7.67. The molecule has 0 aromatic heterocycles. The van der Waals surface area contributed by atoms with Crippen molar-refractivity contribution in [1.82, 2.24) is 20.2 Å². The molecule has 27 heavy (non-hydrogen) atoms. The van der Waals surface area contributed by atoms with Crippen molar-refractivity contribution in [2.24, 2.45) is 11.3 Å². The summed E-state index contributed by atoms with van der Waals surface area (Å²) in [7, 11) is -3.14. The van der Waals surface area contributed by atoms with Crippen LogP contribution in [0.1, 0.15) is 38.5 Å². The first-order valence-corrected chi connectivity index (χ1v) is 11.0. The Labute approximate surface area is 160 Å². The number of fused-ring (bicyclic) bond motifs is 2. The molecule has 2 bridgehead atoms. The van der Waals surface area contributed by atoms with E-state index in [0.717, 1.165) is 36.9 Å². The zero-order chi connectivity index (χ0) is 18.8. The molecule has 5 rings (SSSR count). The van der Waals surface area contributed by atoms with Crippen molar-refractivity contribution in [2.75, 3.05) is 26.2 Å². The predicted molar refractivity (Wildman–Crippen MR) is 94.9 cm³/mol. The Kier molecular flexibility index (Phi) is 4.14. The van der Waals surface area contributed by atoms with Gasteiger partial charge in [-0.25, -0.2) is 13.2 Å². The number of hydrogen-bond acceptors (Lipinski definition) is 6. The van der Waals surface area contributed by atoms with Gasteiger partial charge >= 0.3 is 6.03 Å². The van der Waals surface area contributed by atoms with Gasteiger partial charge in [-0.05, 0) is 49.9 Å². The lowest BCUT2D eigenvalue weighted by molar-refractivity contribution is -0.132. The van der Waals surface area contributed by atoms with Gasteiger partial charge in [-0.15, -0.1) is 4.28 Å². The fourth-order valence-corrected chi connectivity index (χ4v) is 5.77. The average Bonchev–Trinajstić information content (AvgIpc) is 3.35. The van der Waals surface area contributed by atoms with E-state index in [2.05, 4.69) is 14.5 Å². The Morgan fingerprint density at radius 2 is 1.93 bits per heavy atom. The van der Waals surface area contributed by atoms with Gasteiger partial charge < -0.3 is 15.1 Å². The highest BCUT2D eigenvalue weighted by atomic mass is 32.2. The topological polar surface area (TPSA) is 99.3 Å². The van der Waals surface area contributed by atoms with Crippen LogP contribution in [-0.4, -0.2) is 79.5 Å². The van der Waals surface area contributed by atoms with Crippen LogP contribution in [-0.2, 0) is 20.1 Å². The van der Waals surface area contributed by atoms with Gasteiger partial charge in [0.15, 0.2) is 0 Å². The third kappa shape index (κ3) is 3.21. The van der Waals surface area contributed by atoms with Gasteiger partial charge in [0.2, 0.25) is 5.91 Å². The van der Waals surface area contributed by atoms with Gasteiger partial charge in [-0.2, -0.15) is 5.06 Å². The van der Waals surface area contributed by atoms with E-state index in [9.17, 15) is 18.0 Å². The average molecular weight is 398 g/mol. The number of nitrogens with zero attached hydrogens (tertiary/aromatic N) is 3. The number of likely N-dealkylation sites (tertiary alicyclic amines) is 1. The molecule has 3 heterocycles. The molecule has 2 atom stereocenters. The lowest BCUT2D eigenvalue weighted by atomic mass is 9.60. The van der Waals surface area contributed by atoms with Crippen LogP contribution in [0, 0.1) is 11.3 Å². The minimum atomic E-state index is -3.14. The number of hydrogen-bond donors (Lipinski definition) is 2. The van der Waals surface area contributed by atoms with E-state index in [1.54, 1.807) is 0 Å². The molecule has 150 valence electrons. The van der Waals surface area contributed by atoms with Gasteiger partial charge in [-0.3, -0.25) is 4.79 Å². The molecule has 5 aliphatic rings. The van der Waals surface area contributed by atoms with Crippen LogP contribution in [0.15, 0.2) is 0 Å². The third-order valence-electron chi connectivity index (χ3n) is 6.82. The molecule has 3 saturated heterocycles. The van der Waals surface area contributed by atoms with Gasteiger partial charge in [-0.1, -0.05) is 0 Å². The Hall–Kier alpha value is -1.39. The second kappa shape index (κ2) is 6.31. The second-order valence-corrected chi connectivity index (χ2v) is 9.65. The molecule has 2 saturated carbocycles. The van der Waals surface area contributed by atoms with Crippen LogP contribution in [0.25, 0.3) is 0 Å². The molecule has 0 unspecified atom stereocenters. The molecule has 0 aromatic rings. The largest absolute Gasteiger partial charge is 0.352 e. The maximum Gasteiger partial charge on any atom is 0.346 e. The zero-order valence-electron chi connectivity index (χ0n) is 15.2. The predicted octanol–water partition coefficient (Wildman–Crippen LogP) is -0.296. The van der Waals surface area contributed by atoms with Crippen LogP contribution in [0.5, 0.6) is 0 Å². The SMILES string of the molecule is O=C(NC1CC2(C1)CN(CC1CC1)C2)[C@@H]1CC[C@@H]2CN1C(=O)N2O[SH](=O)=O. The number of hydroxylamine groups is 2. The number of carbonyl (C=O) groups excluding carboxylic acids is 2. The summed E-state index contributed by atoms with van der Waals surface area (Å²) in [5, 5.41) is 4.01.